The summed E-state index contributed by atoms with van der Waals surface area (Å²) in [6.07, 6.45) is 69.6. The van der Waals surface area contributed by atoms with Crippen LogP contribution in [0.5, 0.6) is 0 Å². The van der Waals surface area contributed by atoms with Gasteiger partial charge in [-0.3, -0.25) is 14.4 Å². The summed E-state index contributed by atoms with van der Waals surface area (Å²) in [4.78, 5) is 38.0. The van der Waals surface area contributed by atoms with Crippen LogP contribution >= 0.6 is 0 Å². The van der Waals surface area contributed by atoms with E-state index in [9.17, 15) is 14.4 Å². The van der Waals surface area contributed by atoms with E-state index in [0.717, 1.165) is 109 Å². The van der Waals surface area contributed by atoms with Gasteiger partial charge in [0.05, 0.1) is 0 Å². The minimum atomic E-state index is -0.805. The number of allylic oxidation sites excluding steroid dienone is 16. The van der Waals surface area contributed by atoms with Crippen molar-refractivity contribution in [2.24, 2.45) is 0 Å². The number of carbonyl (C=O) groups is 3. The average molecular weight is 903 g/mol. The van der Waals surface area contributed by atoms with Crippen molar-refractivity contribution < 1.29 is 28.6 Å². The highest BCUT2D eigenvalue weighted by molar-refractivity contribution is 5.71. The van der Waals surface area contributed by atoms with Crippen molar-refractivity contribution in [3.8, 4) is 0 Å². The maximum absolute atomic E-state index is 12.8. The van der Waals surface area contributed by atoms with E-state index in [4.69, 9.17) is 14.2 Å². The molecule has 0 saturated heterocycles. The minimum Gasteiger partial charge on any atom is -0.462 e. The standard InChI is InChI=1S/C59H98O6/c1-4-7-10-13-16-19-22-25-27-28-29-30-32-35-37-40-43-46-49-52-58(61)64-55-56(65-59(62)53-50-47-44-41-38-33-24-21-18-15-12-9-6-3)54-63-57(60)51-48-45-42-39-36-34-31-26-23-20-17-14-11-8-5-2/h7,10,16-17,19-20,25-27,29-31,35-37,39,56H,4-6,8-9,11-15,18,21-24,28,32-34,38,40-55H2,1-3H3/b10-7-,19-16-,20-17-,27-25-,30-29-,31-26-,37-35-,39-36-/t56-/m0/s1. The maximum atomic E-state index is 12.8. The predicted molar refractivity (Wildman–Crippen MR) is 279 cm³/mol. The first-order valence-electron chi connectivity index (χ1n) is 26.7. The van der Waals surface area contributed by atoms with Crippen LogP contribution in [0.1, 0.15) is 239 Å². The van der Waals surface area contributed by atoms with Crippen LogP contribution in [0.3, 0.4) is 0 Å². The molecule has 6 heteroatoms. The molecular formula is C59H98O6. The van der Waals surface area contributed by atoms with Gasteiger partial charge in [0, 0.05) is 19.3 Å². The van der Waals surface area contributed by atoms with Crippen LogP contribution in [0.2, 0.25) is 0 Å². The van der Waals surface area contributed by atoms with E-state index < -0.39 is 6.10 Å². The van der Waals surface area contributed by atoms with Gasteiger partial charge in [-0.1, -0.05) is 214 Å². The van der Waals surface area contributed by atoms with Gasteiger partial charge in [0.1, 0.15) is 13.2 Å². The highest BCUT2D eigenvalue weighted by Gasteiger charge is 2.19. The van der Waals surface area contributed by atoms with Crippen molar-refractivity contribution in [3.05, 3.63) is 97.2 Å². The van der Waals surface area contributed by atoms with Crippen LogP contribution < -0.4 is 0 Å². The maximum Gasteiger partial charge on any atom is 0.306 e. The van der Waals surface area contributed by atoms with Gasteiger partial charge in [0.2, 0.25) is 0 Å². The number of ether oxygens (including phenoxy) is 3. The van der Waals surface area contributed by atoms with Gasteiger partial charge in [-0.25, -0.2) is 0 Å². The Morgan fingerprint density at radius 2 is 0.600 bits per heavy atom. The lowest BCUT2D eigenvalue weighted by Crippen LogP contribution is -2.30. The Labute approximate surface area is 400 Å². The second-order valence-corrected chi connectivity index (χ2v) is 17.4. The molecule has 0 saturated carbocycles. The molecule has 0 N–H and O–H groups in total. The molecule has 1 atom stereocenters. The summed E-state index contributed by atoms with van der Waals surface area (Å²) in [5.74, 6) is -0.973. The van der Waals surface area contributed by atoms with Crippen LogP contribution in [0.4, 0.5) is 0 Å². The SMILES string of the molecule is CC/C=C\C/C=C\C/C=C\C/C=C\C/C=C\CCCCCC(=O)OC[C@H](COC(=O)CCCC/C=C\C/C=C\C/C=C\CCCCC)OC(=O)CCCCCCCCCCCCCCC. The number of hydrogen-bond donors (Lipinski definition) is 0. The predicted octanol–water partition coefficient (Wildman–Crippen LogP) is 17.8. The Morgan fingerprint density at radius 1 is 0.323 bits per heavy atom. The van der Waals surface area contributed by atoms with Gasteiger partial charge in [-0.05, 0) is 103 Å². The molecule has 0 rings (SSSR count). The highest BCUT2D eigenvalue weighted by atomic mass is 16.6. The van der Waals surface area contributed by atoms with E-state index in [1.54, 1.807) is 0 Å². The van der Waals surface area contributed by atoms with Gasteiger partial charge in [0.25, 0.3) is 0 Å². The zero-order chi connectivity index (χ0) is 47.2. The minimum absolute atomic E-state index is 0.106. The molecule has 0 unspecified atom stereocenters. The summed E-state index contributed by atoms with van der Waals surface area (Å²) >= 11 is 0. The first kappa shape index (κ1) is 61.3. The third kappa shape index (κ3) is 51.2. The lowest BCUT2D eigenvalue weighted by atomic mass is 10.0. The normalized spacial score (nSPS) is 12.8. The number of carbonyl (C=O) groups excluding carboxylic acids is 3. The number of hydrogen-bond acceptors (Lipinski definition) is 6. The Balaban J connectivity index is 4.49. The van der Waals surface area contributed by atoms with Crippen molar-refractivity contribution >= 4 is 17.9 Å². The quantitative estimate of drug-likeness (QED) is 0.0262. The molecule has 0 aromatic heterocycles. The van der Waals surface area contributed by atoms with E-state index in [1.165, 1.54) is 89.9 Å². The fourth-order valence-electron chi connectivity index (χ4n) is 7.06. The molecule has 370 valence electrons. The van der Waals surface area contributed by atoms with Crippen LogP contribution in [0.15, 0.2) is 97.2 Å². The molecule has 0 amide bonds. The largest absolute Gasteiger partial charge is 0.462 e. The molecule has 0 spiro atoms. The lowest BCUT2D eigenvalue weighted by Gasteiger charge is -2.18. The Morgan fingerprint density at radius 3 is 1.00 bits per heavy atom. The summed E-state index contributed by atoms with van der Waals surface area (Å²) in [6.45, 7) is 6.43. The van der Waals surface area contributed by atoms with Gasteiger partial charge < -0.3 is 14.2 Å². The first-order valence-corrected chi connectivity index (χ1v) is 26.7. The summed E-state index contributed by atoms with van der Waals surface area (Å²) < 4.78 is 16.8. The molecule has 6 nitrogen and oxygen atoms in total. The van der Waals surface area contributed by atoms with Crippen molar-refractivity contribution in [3.63, 3.8) is 0 Å². The zero-order valence-corrected chi connectivity index (χ0v) is 42.2. The summed E-state index contributed by atoms with van der Waals surface area (Å²) in [5.41, 5.74) is 0. The molecule has 0 heterocycles. The summed E-state index contributed by atoms with van der Waals surface area (Å²) in [7, 11) is 0. The monoisotopic (exact) mass is 903 g/mol. The second kappa shape index (κ2) is 52.9. The van der Waals surface area contributed by atoms with Gasteiger partial charge in [-0.15, -0.1) is 0 Å². The van der Waals surface area contributed by atoms with Gasteiger partial charge in [-0.2, -0.15) is 0 Å². The van der Waals surface area contributed by atoms with Crippen LogP contribution in [0.25, 0.3) is 0 Å². The smallest absolute Gasteiger partial charge is 0.306 e. The number of rotatable bonds is 47. The van der Waals surface area contributed by atoms with E-state index in [1.807, 2.05) is 0 Å². The number of esters is 3. The molecule has 0 aliphatic rings. The topological polar surface area (TPSA) is 78.9 Å². The molecule has 0 bridgehead atoms. The van der Waals surface area contributed by atoms with Crippen molar-refractivity contribution in [1.82, 2.24) is 0 Å². The van der Waals surface area contributed by atoms with E-state index in [2.05, 4.69) is 118 Å². The fraction of sp³-hybridized carbons (Fsp3) is 0.678. The van der Waals surface area contributed by atoms with E-state index in [0.29, 0.717) is 19.3 Å². The number of unbranched alkanes of at least 4 members (excludes halogenated alkanes) is 20. The molecular weight excluding hydrogens is 805 g/mol. The molecule has 0 aliphatic heterocycles. The van der Waals surface area contributed by atoms with Crippen molar-refractivity contribution in [2.75, 3.05) is 13.2 Å². The fourth-order valence-corrected chi connectivity index (χ4v) is 7.06. The molecule has 0 aromatic carbocycles. The van der Waals surface area contributed by atoms with Crippen molar-refractivity contribution in [2.45, 2.75) is 245 Å². The third-order valence-corrected chi connectivity index (χ3v) is 11.1. The Kier molecular flexibility index (Phi) is 50.0. The van der Waals surface area contributed by atoms with Crippen LogP contribution in [-0.2, 0) is 28.6 Å². The van der Waals surface area contributed by atoms with Crippen LogP contribution in [0, 0.1) is 0 Å². The first-order chi connectivity index (χ1) is 32.0. The molecule has 0 fully saturated rings. The molecule has 65 heavy (non-hydrogen) atoms. The summed E-state index contributed by atoms with van der Waals surface area (Å²) in [6, 6.07) is 0. The van der Waals surface area contributed by atoms with E-state index in [-0.39, 0.29) is 31.1 Å². The zero-order valence-electron chi connectivity index (χ0n) is 42.2. The highest BCUT2D eigenvalue weighted by Crippen LogP contribution is 2.14. The Bertz CT molecular complexity index is 1310. The van der Waals surface area contributed by atoms with E-state index >= 15 is 0 Å². The summed E-state index contributed by atoms with van der Waals surface area (Å²) in [5, 5.41) is 0. The molecule has 0 radical (unpaired) electrons. The second-order valence-electron chi connectivity index (χ2n) is 17.4. The average Bonchev–Trinajstić information content (AvgIpc) is 3.30. The third-order valence-electron chi connectivity index (χ3n) is 11.1. The molecule has 0 aromatic rings. The van der Waals surface area contributed by atoms with Crippen molar-refractivity contribution in [1.29, 1.82) is 0 Å². The molecule has 0 aliphatic carbocycles. The van der Waals surface area contributed by atoms with Crippen LogP contribution in [-0.4, -0.2) is 37.2 Å². The van der Waals surface area contributed by atoms with Gasteiger partial charge >= 0.3 is 17.9 Å². The Hall–Kier alpha value is -3.67. The lowest BCUT2D eigenvalue weighted by molar-refractivity contribution is -0.167. The van der Waals surface area contributed by atoms with Gasteiger partial charge in [0.15, 0.2) is 6.10 Å².